The lowest BCUT2D eigenvalue weighted by Gasteiger charge is -2.25. The van der Waals surface area contributed by atoms with Crippen LogP contribution in [0, 0.1) is 6.92 Å². The summed E-state index contributed by atoms with van der Waals surface area (Å²) < 4.78 is 10.6. The molecule has 2 aromatic carbocycles. The molecule has 2 N–H and O–H groups in total. The van der Waals surface area contributed by atoms with Crippen molar-refractivity contribution in [3.8, 4) is 11.5 Å². The maximum absolute atomic E-state index is 12.3. The molecule has 6 heteroatoms. The molecule has 6 nitrogen and oxygen atoms in total. The number of carbonyl (C=O) groups is 2. The van der Waals surface area contributed by atoms with Gasteiger partial charge in [-0.15, -0.1) is 0 Å². The van der Waals surface area contributed by atoms with E-state index in [1.54, 1.807) is 19.2 Å². The van der Waals surface area contributed by atoms with E-state index < -0.39 is 17.9 Å². The lowest BCUT2D eigenvalue weighted by atomic mass is 10.1. The van der Waals surface area contributed by atoms with Crippen LogP contribution in [0.25, 0.3) is 0 Å². The topological polar surface area (TPSA) is 76.7 Å². The van der Waals surface area contributed by atoms with E-state index in [9.17, 15) is 9.59 Å². The molecular weight excluding hydrogens is 308 g/mol. The Bertz CT molecular complexity index is 771. The van der Waals surface area contributed by atoms with Gasteiger partial charge in [-0.1, -0.05) is 18.2 Å². The summed E-state index contributed by atoms with van der Waals surface area (Å²) in [6.07, 6.45) is -1.20. The number of aryl methyl sites for hydroxylation is 1. The molecule has 0 aromatic heterocycles. The van der Waals surface area contributed by atoms with Crippen LogP contribution in [0.1, 0.15) is 11.1 Å². The normalized spacial score (nSPS) is 15.8. The Labute approximate surface area is 139 Å². The number of amides is 2. The Morgan fingerprint density at radius 3 is 2.71 bits per heavy atom. The average molecular weight is 326 g/mol. The monoisotopic (exact) mass is 326 g/mol. The van der Waals surface area contributed by atoms with Crippen molar-refractivity contribution in [2.45, 2.75) is 19.6 Å². The summed E-state index contributed by atoms with van der Waals surface area (Å²) in [6, 6.07) is 12.7. The molecule has 1 aliphatic heterocycles. The van der Waals surface area contributed by atoms with Gasteiger partial charge in [0.25, 0.3) is 17.9 Å². The maximum atomic E-state index is 12.3. The molecule has 0 fully saturated rings. The zero-order valence-corrected chi connectivity index (χ0v) is 13.5. The van der Waals surface area contributed by atoms with E-state index in [2.05, 4.69) is 10.6 Å². The highest BCUT2D eigenvalue weighted by Crippen LogP contribution is 2.30. The van der Waals surface area contributed by atoms with E-state index in [1.807, 2.05) is 37.3 Å². The predicted octanol–water partition coefficient (Wildman–Crippen LogP) is 2.02. The van der Waals surface area contributed by atoms with Crippen LogP contribution >= 0.6 is 0 Å². The van der Waals surface area contributed by atoms with Crippen LogP contribution in [0.5, 0.6) is 11.5 Å². The summed E-state index contributed by atoms with van der Waals surface area (Å²) in [5, 5.41) is 5.42. The standard InChI is InChI=1S/C18H18N2O4/c1-11-3-8-15-14(9-11)20-18(22)16(24-15)17(21)19-10-12-4-6-13(23-2)7-5-12/h3-9,16H,10H2,1-2H3,(H,19,21)(H,20,22). The summed E-state index contributed by atoms with van der Waals surface area (Å²) in [6.45, 7) is 2.22. The minimum absolute atomic E-state index is 0.302. The number of anilines is 1. The van der Waals surface area contributed by atoms with Gasteiger partial charge in [-0.2, -0.15) is 0 Å². The second-order valence-corrected chi connectivity index (χ2v) is 5.55. The van der Waals surface area contributed by atoms with Crippen molar-refractivity contribution in [3.63, 3.8) is 0 Å². The third-order valence-corrected chi connectivity index (χ3v) is 3.74. The fraction of sp³-hybridized carbons (Fsp3) is 0.222. The first-order chi connectivity index (χ1) is 11.6. The highest BCUT2D eigenvalue weighted by molar-refractivity contribution is 6.11. The molecule has 24 heavy (non-hydrogen) atoms. The Morgan fingerprint density at radius 1 is 1.25 bits per heavy atom. The Morgan fingerprint density at radius 2 is 2.00 bits per heavy atom. The molecule has 1 heterocycles. The fourth-order valence-corrected chi connectivity index (χ4v) is 2.42. The number of hydrogen-bond donors (Lipinski definition) is 2. The number of benzene rings is 2. The van der Waals surface area contributed by atoms with Gasteiger partial charge in [0.2, 0.25) is 0 Å². The van der Waals surface area contributed by atoms with Crippen molar-refractivity contribution in [2.24, 2.45) is 0 Å². The van der Waals surface area contributed by atoms with Gasteiger partial charge in [0.15, 0.2) is 0 Å². The van der Waals surface area contributed by atoms with E-state index >= 15 is 0 Å². The number of methoxy groups -OCH3 is 1. The van der Waals surface area contributed by atoms with Gasteiger partial charge in [-0.25, -0.2) is 0 Å². The second-order valence-electron chi connectivity index (χ2n) is 5.55. The molecule has 1 unspecified atom stereocenters. The summed E-state index contributed by atoms with van der Waals surface area (Å²) in [5.74, 6) is 0.284. The molecule has 0 bridgehead atoms. The van der Waals surface area contributed by atoms with Crippen LogP contribution in [-0.4, -0.2) is 25.0 Å². The zero-order chi connectivity index (χ0) is 17.1. The van der Waals surface area contributed by atoms with Gasteiger partial charge in [0.1, 0.15) is 11.5 Å². The number of hydrogen-bond acceptors (Lipinski definition) is 4. The van der Waals surface area contributed by atoms with Gasteiger partial charge < -0.3 is 20.1 Å². The summed E-state index contributed by atoms with van der Waals surface area (Å²) in [5.41, 5.74) is 2.48. The van der Waals surface area contributed by atoms with E-state index in [-0.39, 0.29) is 0 Å². The first-order valence-electron chi connectivity index (χ1n) is 7.55. The molecule has 124 valence electrons. The van der Waals surface area contributed by atoms with Gasteiger partial charge >= 0.3 is 0 Å². The lowest BCUT2D eigenvalue weighted by Crippen LogP contribution is -2.48. The van der Waals surface area contributed by atoms with E-state index in [0.717, 1.165) is 16.9 Å². The number of fused-ring (bicyclic) bond motifs is 1. The molecule has 1 atom stereocenters. The number of carbonyl (C=O) groups excluding carboxylic acids is 2. The van der Waals surface area contributed by atoms with Crippen molar-refractivity contribution in [3.05, 3.63) is 53.6 Å². The van der Waals surface area contributed by atoms with Gasteiger partial charge in [-0.3, -0.25) is 9.59 Å². The van der Waals surface area contributed by atoms with Crippen molar-refractivity contribution >= 4 is 17.5 Å². The molecule has 0 aliphatic carbocycles. The summed E-state index contributed by atoms with van der Waals surface area (Å²) >= 11 is 0. The number of nitrogens with one attached hydrogen (secondary N) is 2. The van der Waals surface area contributed by atoms with Crippen molar-refractivity contribution in [1.82, 2.24) is 5.32 Å². The molecule has 1 aliphatic rings. The Hall–Kier alpha value is -3.02. The third-order valence-electron chi connectivity index (χ3n) is 3.74. The van der Waals surface area contributed by atoms with Crippen molar-refractivity contribution < 1.29 is 19.1 Å². The molecule has 0 spiro atoms. The Balaban J connectivity index is 1.64. The maximum Gasteiger partial charge on any atom is 0.275 e. The van der Waals surface area contributed by atoms with Gasteiger partial charge in [0.05, 0.1) is 12.8 Å². The highest BCUT2D eigenvalue weighted by Gasteiger charge is 2.33. The number of rotatable bonds is 4. The molecule has 0 saturated heterocycles. The van der Waals surface area contributed by atoms with E-state index in [4.69, 9.17) is 9.47 Å². The van der Waals surface area contributed by atoms with Crippen LogP contribution in [0.2, 0.25) is 0 Å². The minimum Gasteiger partial charge on any atom is -0.497 e. The molecule has 2 aromatic rings. The summed E-state index contributed by atoms with van der Waals surface area (Å²) in [7, 11) is 1.59. The first kappa shape index (κ1) is 15.9. The zero-order valence-electron chi connectivity index (χ0n) is 13.5. The molecule has 0 saturated carbocycles. The van der Waals surface area contributed by atoms with E-state index in [1.165, 1.54) is 0 Å². The predicted molar refractivity (Wildman–Crippen MR) is 89.1 cm³/mol. The smallest absolute Gasteiger partial charge is 0.275 e. The molecular formula is C18H18N2O4. The van der Waals surface area contributed by atoms with Crippen LogP contribution < -0.4 is 20.1 Å². The van der Waals surface area contributed by atoms with Crippen LogP contribution in [-0.2, 0) is 16.1 Å². The van der Waals surface area contributed by atoms with Gasteiger partial charge in [-0.05, 0) is 42.3 Å². The molecule has 3 rings (SSSR count). The largest absolute Gasteiger partial charge is 0.497 e. The fourth-order valence-electron chi connectivity index (χ4n) is 2.42. The number of ether oxygens (including phenoxy) is 2. The Kier molecular flexibility index (Phi) is 4.37. The lowest BCUT2D eigenvalue weighted by molar-refractivity contribution is -0.137. The minimum atomic E-state index is -1.20. The molecule has 2 amide bonds. The van der Waals surface area contributed by atoms with Crippen molar-refractivity contribution in [2.75, 3.05) is 12.4 Å². The van der Waals surface area contributed by atoms with E-state index in [0.29, 0.717) is 18.0 Å². The molecule has 0 radical (unpaired) electrons. The average Bonchev–Trinajstić information content (AvgIpc) is 2.59. The van der Waals surface area contributed by atoms with Crippen LogP contribution in [0.3, 0.4) is 0 Å². The second kappa shape index (κ2) is 6.62. The SMILES string of the molecule is COc1ccc(CNC(=O)C2Oc3ccc(C)cc3NC2=O)cc1. The highest BCUT2D eigenvalue weighted by atomic mass is 16.5. The quantitative estimate of drug-likeness (QED) is 0.843. The van der Waals surface area contributed by atoms with Crippen molar-refractivity contribution in [1.29, 1.82) is 0 Å². The summed E-state index contributed by atoms with van der Waals surface area (Å²) in [4.78, 5) is 24.4. The van der Waals surface area contributed by atoms with Gasteiger partial charge in [0, 0.05) is 6.54 Å². The first-order valence-corrected chi connectivity index (χ1v) is 7.55. The third kappa shape index (κ3) is 3.32. The van der Waals surface area contributed by atoms with Crippen LogP contribution in [0.4, 0.5) is 5.69 Å². The van der Waals surface area contributed by atoms with Crippen LogP contribution in [0.15, 0.2) is 42.5 Å².